The second-order valence-electron chi connectivity index (χ2n) is 5.76. The lowest BCUT2D eigenvalue weighted by Crippen LogP contribution is -2.49. The first-order valence-corrected chi connectivity index (χ1v) is 7.84. The van der Waals surface area contributed by atoms with Gasteiger partial charge in [-0.25, -0.2) is 0 Å². The van der Waals surface area contributed by atoms with Crippen LogP contribution in [-0.2, 0) is 4.74 Å². The number of morpholine rings is 1. The summed E-state index contributed by atoms with van der Waals surface area (Å²) in [5.74, 6) is 0. The lowest BCUT2D eigenvalue weighted by molar-refractivity contribution is -0.0103. The third-order valence-corrected chi connectivity index (χ3v) is 3.96. The standard InChI is InChI=1S/C16H27N3O2/c1-4-7-17-13(3)16-6-5-14(8-18-16)19-9-15(10-20)21-11-12(19)2/h5-6,8,12-13,15,17,20H,4,7,9-11H2,1-3H3. The predicted molar refractivity (Wildman–Crippen MR) is 84.6 cm³/mol. The SMILES string of the molecule is CCCNC(C)c1ccc(N2CC(CO)OCC2C)cn1. The second-order valence-corrected chi connectivity index (χ2v) is 5.76. The molecule has 0 aliphatic carbocycles. The lowest BCUT2D eigenvalue weighted by Gasteiger charge is -2.39. The first-order chi connectivity index (χ1) is 10.2. The van der Waals surface area contributed by atoms with Crippen molar-refractivity contribution < 1.29 is 9.84 Å². The fourth-order valence-electron chi connectivity index (χ4n) is 2.58. The van der Waals surface area contributed by atoms with Crippen molar-refractivity contribution in [2.45, 2.75) is 45.4 Å². The van der Waals surface area contributed by atoms with E-state index in [4.69, 9.17) is 4.74 Å². The average Bonchev–Trinajstić information content (AvgIpc) is 2.53. The molecule has 21 heavy (non-hydrogen) atoms. The molecule has 1 aliphatic rings. The molecular formula is C16H27N3O2. The zero-order valence-electron chi connectivity index (χ0n) is 13.2. The molecule has 0 radical (unpaired) electrons. The number of rotatable bonds is 6. The molecule has 2 N–H and O–H groups in total. The molecule has 0 saturated carbocycles. The van der Waals surface area contributed by atoms with E-state index in [0.717, 1.165) is 24.3 Å². The Morgan fingerprint density at radius 2 is 2.33 bits per heavy atom. The smallest absolute Gasteiger partial charge is 0.0981 e. The summed E-state index contributed by atoms with van der Waals surface area (Å²) in [5.41, 5.74) is 2.16. The van der Waals surface area contributed by atoms with Crippen molar-refractivity contribution in [3.05, 3.63) is 24.0 Å². The predicted octanol–water partition coefficient (Wildman–Crippen LogP) is 1.73. The molecule has 1 aromatic heterocycles. The van der Waals surface area contributed by atoms with Crippen LogP contribution in [0.1, 0.15) is 38.9 Å². The van der Waals surface area contributed by atoms with Gasteiger partial charge in [-0.3, -0.25) is 4.98 Å². The van der Waals surface area contributed by atoms with Gasteiger partial charge in [0.05, 0.1) is 36.9 Å². The Bertz CT molecular complexity index is 424. The highest BCUT2D eigenvalue weighted by Gasteiger charge is 2.26. The molecule has 2 heterocycles. The monoisotopic (exact) mass is 293 g/mol. The van der Waals surface area contributed by atoms with Gasteiger partial charge in [0.1, 0.15) is 0 Å². The molecule has 0 aromatic carbocycles. The van der Waals surface area contributed by atoms with Crippen molar-refractivity contribution in [1.29, 1.82) is 0 Å². The number of nitrogens with one attached hydrogen (secondary N) is 1. The van der Waals surface area contributed by atoms with Gasteiger partial charge < -0.3 is 20.1 Å². The van der Waals surface area contributed by atoms with Crippen LogP contribution in [0.15, 0.2) is 18.3 Å². The summed E-state index contributed by atoms with van der Waals surface area (Å²) in [6.07, 6.45) is 2.94. The Morgan fingerprint density at radius 3 is 2.95 bits per heavy atom. The Kier molecular flexibility index (Phi) is 5.96. The van der Waals surface area contributed by atoms with Crippen molar-refractivity contribution in [1.82, 2.24) is 10.3 Å². The normalized spacial score (nSPS) is 24.1. The van der Waals surface area contributed by atoms with Crippen LogP contribution in [0.4, 0.5) is 5.69 Å². The van der Waals surface area contributed by atoms with Gasteiger partial charge in [0.15, 0.2) is 0 Å². The van der Waals surface area contributed by atoms with Gasteiger partial charge in [-0.2, -0.15) is 0 Å². The maximum absolute atomic E-state index is 9.27. The summed E-state index contributed by atoms with van der Waals surface area (Å²) < 4.78 is 5.58. The molecule has 1 fully saturated rings. The average molecular weight is 293 g/mol. The molecule has 2 rings (SSSR count). The molecule has 0 spiro atoms. The Labute approximate surface area is 127 Å². The quantitative estimate of drug-likeness (QED) is 0.836. The summed E-state index contributed by atoms with van der Waals surface area (Å²) in [4.78, 5) is 6.84. The molecule has 118 valence electrons. The second kappa shape index (κ2) is 7.73. The fourth-order valence-corrected chi connectivity index (χ4v) is 2.58. The van der Waals surface area contributed by atoms with E-state index in [1.807, 2.05) is 6.20 Å². The number of pyridine rings is 1. The summed E-state index contributed by atoms with van der Waals surface area (Å²) >= 11 is 0. The van der Waals surface area contributed by atoms with E-state index in [2.05, 4.69) is 48.1 Å². The van der Waals surface area contributed by atoms with Crippen molar-refractivity contribution >= 4 is 5.69 Å². The van der Waals surface area contributed by atoms with E-state index in [9.17, 15) is 5.11 Å². The Hall–Kier alpha value is -1.17. The first-order valence-electron chi connectivity index (χ1n) is 7.84. The van der Waals surface area contributed by atoms with E-state index in [1.54, 1.807) is 0 Å². The van der Waals surface area contributed by atoms with Gasteiger partial charge in [-0.1, -0.05) is 6.92 Å². The molecule has 3 unspecified atom stereocenters. The van der Waals surface area contributed by atoms with Crippen molar-refractivity contribution in [2.24, 2.45) is 0 Å². The lowest BCUT2D eigenvalue weighted by atomic mass is 10.1. The number of aliphatic hydroxyl groups is 1. The van der Waals surface area contributed by atoms with Crippen LogP contribution in [0.3, 0.4) is 0 Å². The van der Waals surface area contributed by atoms with E-state index in [1.165, 1.54) is 0 Å². The van der Waals surface area contributed by atoms with Crippen molar-refractivity contribution in [2.75, 3.05) is 31.2 Å². The molecule has 5 heteroatoms. The van der Waals surface area contributed by atoms with E-state index in [0.29, 0.717) is 19.2 Å². The maximum atomic E-state index is 9.27. The van der Waals surface area contributed by atoms with Gasteiger partial charge in [-0.05, 0) is 38.9 Å². The Balaban J connectivity index is 2.03. The van der Waals surface area contributed by atoms with E-state index in [-0.39, 0.29) is 18.8 Å². The van der Waals surface area contributed by atoms with Gasteiger partial charge in [0.2, 0.25) is 0 Å². The topological polar surface area (TPSA) is 57.6 Å². The van der Waals surface area contributed by atoms with Gasteiger partial charge in [-0.15, -0.1) is 0 Å². The number of anilines is 1. The van der Waals surface area contributed by atoms with Crippen LogP contribution in [-0.4, -0.2) is 48.5 Å². The molecule has 0 amide bonds. The summed E-state index contributed by atoms with van der Waals surface area (Å²) in [5, 5.41) is 12.7. The van der Waals surface area contributed by atoms with Crippen molar-refractivity contribution in [3.8, 4) is 0 Å². The van der Waals surface area contributed by atoms with E-state index < -0.39 is 0 Å². The molecule has 1 saturated heterocycles. The minimum atomic E-state index is -0.106. The minimum absolute atomic E-state index is 0.0622. The third kappa shape index (κ3) is 4.15. The molecule has 3 atom stereocenters. The Morgan fingerprint density at radius 1 is 1.52 bits per heavy atom. The van der Waals surface area contributed by atoms with Crippen LogP contribution in [0, 0.1) is 0 Å². The molecule has 1 aliphatic heterocycles. The van der Waals surface area contributed by atoms with E-state index >= 15 is 0 Å². The third-order valence-electron chi connectivity index (χ3n) is 3.96. The number of ether oxygens (including phenoxy) is 1. The van der Waals surface area contributed by atoms with Crippen molar-refractivity contribution in [3.63, 3.8) is 0 Å². The zero-order chi connectivity index (χ0) is 15.2. The number of hydrogen-bond acceptors (Lipinski definition) is 5. The van der Waals surface area contributed by atoms with Crippen LogP contribution in [0.2, 0.25) is 0 Å². The largest absolute Gasteiger partial charge is 0.394 e. The number of aliphatic hydroxyl groups excluding tert-OH is 1. The summed E-state index contributed by atoms with van der Waals surface area (Å²) in [7, 11) is 0. The zero-order valence-corrected chi connectivity index (χ0v) is 13.2. The molecule has 0 bridgehead atoms. The number of nitrogens with zero attached hydrogens (tertiary/aromatic N) is 2. The highest BCUT2D eigenvalue weighted by Crippen LogP contribution is 2.22. The molecule has 1 aromatic rings. The first kappa shape index (κ1) is 16.2. The van der Waals surface area contributed by atoms with Crippen LogP contribution < -0.4 is 10.2 Å². The van der Waals surface area contributed by atoms with Crippen LogP contribution >= 0.6 is 0 Å². The summed E-state index contributed by atoms with van der Waals surface area (Å²) in [6.45, 7) is 8.84. The fraction of sp³-hybridized carbons (Fsp3) is 0.688. The number of aromatic nitrogens is 1. The van der Waals surface area contributed by atoms with Crippen LogP contribution in [0.5, 0.6) is 0 Å². The minimum Gasteiger partial charge on any atom is -0.394 e. The van der Waals surface area contributed by atoms with Gasteiger partial charge in [0, 0.05) is 18.6 Å². The van der Waals surface area contributed by atoms with Crippen LogP contribution in [0.25, 0.3) is 0 Å². The maximum Gasteiger partial charge on any atom is 0.0981 e. The summed E-state index contributed by atoms with van der Waals surface area (Å²) in [6, 6.07) is 4.77. The van der Waals surface area contributed by atoms with Gasteiger partial charge in [0.25, 0.3) is 0 Å². The molecule has 5 nitrogen and oxygen atoms in total. The van der Waals surface area contributed by atoms with Gasteiger partial charge >= 0.3 is 0 Å². The molecular weight excluding hydrogens is 266 g/mol. The number of hydrogen-bond donors (Lipinski definition) is 2. The highest BCUT2D eigenvalue weighted by molar-refractivity contribution is 5.46. The highest BCUT2D eigenvalue weighted by atomic mass is 16.5.